The number of hydrogen-bond donors (Lipinski definition) is 1. The number of nitrogen functional groups attached to an aromatic ring is 1. The van der Waals surface area contributed by atoms with Crippen molar-refractivity contribution < 1.29 is 9.53 Å². The molecular formula is C16H22N2O2. The maximum atomic E-state index is 12.8. The van der Waals surface area contributed by atoms with E-state index in [4.69, 9.17) is 10.5 Å². The van der Waals surface area contributed by atoms with Crippen LogP contribution < -0.4 is 10.5 Å². The lowest BCUT2D eigenvalue weighted by molar-refractivity contribution is 0.0703. The van der Waals surface area contributed by atoms with Crippen LogP contribution in [0.25, 0.3) is 0 Å². The minimum absolute atomic E-state index is 0.0269. The molecule has 0 unspecified atom stereocenters. The van der Waals surface area contributed by atoms with Gasteiger partial charge in [-0.3, -0.25) is 4.79 Å². The highest BCUT2D eigenvalue weighted by Gasteiger charge is 2.28. The van der Waals surface area contributed by atoms with E-state index in [0.29, 0.717) is 29.6 Å². The highest BCUT2D eigenvalue weighted by atomic mass is 16.5. The van der Waals surface area contributed by atoms with E-state index in [1.807, 2.05) is 4.90 Å². The summed E-state index contributed by atoms with van der Waals surface area (Å²) in [5.74, 6) is 0.436. The molecule has 1 aliphatic rings. The van der Waals surface area contributed by atoms with E-state index in [2.05, 4.69) is 6.58 Å². The van der Waals surface area contributed by atoms with E-state index < -0.39 is 0 Å². The lowest BCUT2D eigenvalue weighted by Crippen LogP contribution is -2.39. The topological polar surface area (TPSA) is 55.6 Å². The highest BCUT2D eigenvalue weighted by Crippen LogP contribution is 2.30. The highest BCUT2D eigenvalue weighted by molar-refractivity contribution is 5.99. The Bertz CT molecular complexity index is 493. The SMILES string of the molecule is C=CCN(C(=O)c1cccc(N)c1OC)C1CCCC1. The molecule has 4 heteroatoms. The lowest BCUT2D eigenvalue weighted by atomic mass is 10.1. The number of nitrogens with zero attached hydrogens (tertiary/aromatic N) is 1. The third kappa shape index (κ3) is 2.79. The number of rotatable bonds is 5. The van der Waals surface area contributed by atoms with Crippen LogP contribution in [0.15, 0.2) is 30.9 Å². The molecule has 4 nitrogen and oxygen atoms in total. The van der Waals surface area contributed by atoms with E-state index in [1.54, 1.807) is 24.3 Å². The standard InChI is InChI=1S/C16H22N2O2/c1-3-11-18(12-7-4-5-8-12)16(19)13-9-6-10-14(17)15(13)20-2/h3,6,9-10,12H,1,4-5,7-8,11,17H2,2H3. The summed E-state index contributed by atoms with van der Waals surface area (Å²) in [6, 6.07) is 5.59. The largest absolute Gasteiger partial charge is 0.494 e. The average molecular weight is 274 g/mol. The third-order valence-corrected chi connectivity index (χ3v) is 3.83. The molecule has 0 aliphatic heterocycles. The molecule has 0 aromatic heterocycles. The van der Waals surface area contributed by atoms with E-state index >= 15 is 0 Å². The molecule has 1 fully saturated rings. The molecule has 1 saturated carbocycles. The fourth-order valence-corrected chi connectivity index (χ4v) is 2.86. The monoisotopic (exact) mass is 274 g/mol. The Kier molecular flexibility index (Phi) is 4.66. The second-order valence-corrected chi connectivity index (χ2v) is 5.11. The van der Waals surface area contributed by atoms with Crippen molar-refractivity contribution in [3.05, 3.63) is 36.4 Å². The molecule has 20 heavy (non-hydrogen) atoms. The zero-order chi connectivity index (χ0) is 14.5. The van der Waals surface area contributed by atoms with Gasteiger partial charge in [0, 0.05) is 12.6 Å². The van der Waals surface area contributed by atoms with Crippen molar-refractivity contribution in [2.24, 2.45) is 0 Å². The molecule has 0 heterocycles. The van der Waals surface area contributed by atoms with Gasteiger partial charge < -0.3 is 15.4 Å². The Morgan fingerprint density at radius 3 is 2.80 bits per heavy atom. The number of methoxy groups -OCH3 is 1. The first kappa shape index (κ1) is 14.4. The van der Waals surface area contributed by atoms with Crippen LogP contribution in [0.5, 0.6) is 5.75 Å². The summed E-state index contributed by atoms with van der Waals surface area (Å²) in [5, 5.41) is 0. The fraction of sp³-hybridized carbons (Fsp3) is 0.438. The number of carbonyl (C=O) groups is 1. The van der Waals surface area contributed by atoms with Crippen LogP contribution in [0.4, 0.5) is 5.69 Å². The van der Waals surface area contributed by atoms with Crippen LogP contribution in [-0.4, -0.2) is 30.5 Å². The predicted molar refractivity (Wildman–Crippen MR) is 80.9 cm³/mol. The summed E-state index contributed by atoms with van der Waals surface area (Å²) in [5.41, 5.74) is 6.90. The van der Waals surface area contributed by atoms with Gasteiger partial charge in [-0.2, -0.15) is 0 Å². The maximum absolute atomic E-state index is 12.8. The van der Waals surface area contributed by atoms with Gasteiger partial charge in [0.2, 0.25) is 0 Å². The van der Waals surface area contributed by atoms with Crippen LogP contribution in [0.3, 0.4) is 0 Å². The minimum Gasteiger partial charge on any atom is -0.494 e. The zero-order valence-electron chi connectivity index (χ0n) is 12.0. The number of para-hydroxylation sites is 1. The van der Waals surface area contributed by atoms with Crippen molar-refractivity contribution in [1.29, 1.82) is 0 Å². The first-order valence-electron chi connectivity index (χ1n) is 7.03. The van der Waals surface area contributed by atoms with Gasteiger partial charge in [0.25, 0.3) is 5.91 Å². The Labute approximate surface area is 120 Å². The zero-order valence-corrected chi connectivity index (χ0v) is 12.0. The van der Waals surface area contributed by atoms with Gasteiger partial charge in [0.15, 0.2) is 5.75 Å². The number of benzene rings is 1. The van der Waals surface area contributed by atoms with Crippen LogP contribution in [0.2, 0.25) is 0 Å². The summed E-state index contributed by atoms with van der Waals surface area (Å²) in [4.78, 5) is 14.7. The van der Waals surface area contributed by atoms with Gasteiger partial charge in [0.1, 0.15) is 0 Å². The van der Waals surface area contributed by atoms with Crippen molar-refractivity contribution in [2.75, 3.05) is 19.4 Å². The molecule has 0 atom stereocenters. The summed E-state index contributed by atoms with van der Waals surface area (Å²) >= 11 is 0. The molecule has 1 aromatic carbocycles. The fourth-order valence-electron chi connectivity index (χ4n) is 2.86. The summed E-state index contributed by atoms with van der Waals surface area (Å²) in [6.07, 6.45) is 6.25. The molecule has 0 spiro atoms. The summed E-state index contributed by atoms with van der Waals surface area (Å²) < 4.78 is 5.29. The van der Waals surface area contributed by atoms with E-state index in [0.717, 1.165) is 12.8 Å². The van der Waals surface area contributed by atoms with Gasteiger partial charge in [-0.05, 0) is 25.0 Å². The number of ether oxygens (including phenoxy) is 1. The molecular weight excluding hydrogens is 252 g/mol. The van der Waals surface area contributed by atoms with Crippen molar-refractivity contribution in [2.45, 2.75) is 31.7 Å². The average Bonchev–Trinajstić information content (AvgIpc) is 2.97. The second-order valence-electron chi connectivity index (χ2n) is 5.11. The number of amides is 1. The van der Waals surface area contributed by atoms with Crippen molar-refractivity contribution in [3.8, 4) is 5.75 Å². The molecule has 1 aromatic rings. The molecule has 1 aliphatic carbocycles. The molecule has 0 radical (unpaired) electrons. The number of nitrogens with two attached hydrogens (primary N) is 1. The molecule has 108 valence electrons. The van der Waals surface area contributed by atoms with Crippen molar-refractivity contribution in [1.82, 2.24) is 4.90 Å². The predicted octanol–water partition coefficient (Wildman–Crippen LogP) is 2.85. The molecule has 2 N–H and O–H groups in total. The Balaban J connectivity index is 2.31. The molecule has 1 amide bonds. The molecule has 2 rings (SSSR count). The van der Waals surface area contributed by atoms with Crippen LogP contribution in [0, 0.1) is 0 Å². The van der Waals surface area contributed by atoms with Gasteiger partial charge in [-0.1, -0.05) is 25.0 Å². The molecule has 0 saturated heterocycles. The lowest BCUT2D eigenvalue weighted by Gasteiger charge is -2.28. The van der Waals surface area contributed by atoms with E-state index in [1.165, 1.54) is 20.0 Å². The number of anilines is 1. The first-order valence-corrected chi connectivity index (χ1v) is 7.03. The Morgan fingerprint density at radius 1 is 1.50 bits per heavy atom. The van der Waals surface area contributed by atoms with Crippen LogP contribution >= 0.6 is 0 Å². The summed E-state index contributed by atoms with van der Waals surface area (Å²) in [7, 11) is 1.54. The Morgan fingerprint density at radius 2 is 2.20 bits per heavy atom. The Hall–Kier alpha value is -1.97. The number of carbonyl (C=O) groups excluding carboxylic acids is 1. The summed E-state index contributed by atoms with van der Waals surface area (Å²) in [6.45, 7) is 4.32. The van der Waals surface area contributed by atoms with Gasteiger partial charge in [0.05, 0.1) is 18.4 Å². The second kappa shape index (κ2) is 6.46. The number of hydrogen-bond acceptors (Lipinski definition) is 3. The van der Waals surface area contributed by atoms with Crippen molar-refractivity contribution in [3.63, 3.8) is 0 Å². The van der Waals surface area contributed by atoms with Gasteiger partial charge >= 0.3 is 0 Å². The maximum Gasteiger partial charge on any atom is 0.258 e. The minimum atomic E-state index is -0.0269. The molecule has 0 bridgehead atoms. The first-order chi connectivity index (χ1) is 9.69. The van der Waals surface area contributed by atoms with Gasteiger partial charge in [-0.25, -0.2) is 0 Å². The van der Waals surface area contributed by atoms with E-state index in [-0.39, 0.29) is 5.91 Å². The van der Waals surface area contributed by atoms with E-state index in [9.17, 15) is 4.79 Å². The normalized spacial score (nSPS) is 15.1. The third-order valence-electron chi connectivity index (χ3n) is 3.83. The smallest absolute Gasteiger partial charge is 0.258 e. The van der Waals surface area contributed by atoms with Crippen LogP contribution in [0.1, 0.15) is 36.0 Å². The van der Waals surface area contributed by atoms with Crippen LogP contribution in [-0.2, 0) is 0 Å². The van der Waals surface area contributed by atoms with Gasteiger partial charge in [-0.15, -0.1) is 6.58 Å². The quantitative estimate of drug-likeness (QED) is 0.663. The van der Waals surface area contributed by atoms with Crippen molar-refractivity contribution >= 4 is 11.6 Å².